The minimum Gasteiger partial charge on any atom is -0.497 e. The number of aryl methyl sites for hydroxylation is 1. The Balaban J connectivity index is 2.20. The Hall–Kier alpha value is -2.56. The van der Waals surface area contributed by atoms with Crippen LogP contribution in [0.5, 0.6) is 5.75 Å². The van der Waals surface area contributed by atoms with Crippen LogP contribution in [0, 0.1) is 0 Å². The third-order valence-electron chi connectivity index (χ3n) is 2.68. The van der Waals surface area contributed by atoms with E-state index in [-0.39, 0.29) is 11.5 Å². The molecule has 1 heterocycles. The molecule has 0 fully saturated rings. The lowest BCUT2D eigenvalue weighted by atomic mass is 10.2. The van der Waals surface area contributed by atoms with Crippen molar-refractivity contribution in [3.8, 4) is 5.75 Å². The summed E-state index contributed by atoms with van der Waals surface area (Å²) in [6, 6.07) is 9.83. The van der Waals surface area contributed by atoms with Crippen molar-refractivity contribution in [3.63, 3.8) is 0 Å². The quantitative estimate of drug-likeness (QED) is 0.910. The summed E-state index contributed by atoms with van der Waals surface area (Å²) in [6.07, 6.45) is 1.57. The standard InChI is InChI=1S/C14H14N2O3/c1-16-9-11(6-7-13(16)17)15-14(18)10-4-3-5-12(8-10)19-2/h3-9H,1-2H3,(H,15,18). The molecule has 98 valence electrons. The number of hydrogen-bond donors (Lipinski definition) is 1. The molecule has 1 aromatic carbocycles. The van der Waals surface area contributed by atoms with E-state index in [1.54, 1.807) is 50.7 Å². The number of nitrogens with zero attached hydrogens (tertiary/aromatic N) is 1. The summed E-state index contributed by atoms with van der Waals surface area (Å²) in [4.78, 5) is 23.3. The summed E-state index contributed by atoms with van der Waals surface area (Å²) in [6.45, 7) is 0. The fourth-order valence-electron chi connectivity index (χ4n) is 1.64. The van der Waals surface area contributed by atoms with E-state index >= 15 is 0 Å². The smallest absolute Gasteiger partial charge is 0.255 e. The molecule has 1 N–H and O–H groups in total. The Labute approximate surface area is 110 Å². The van der Waals surface area contributed by atoms with Crippen molar-refractivity contribution in [1.29, 1.82) is 0 Å². The molecular formula is C14H14N2O3. The molecule has 1 amide bonds. The molecule has 0 aliphatic heterocycles. The summed E-state index contributed by atoms with van der Waals surface area (Å²) in [5.41, 5.74) is 0.933. The maximum absolute atomic E-state index is 12.0. The molecule has 5 nitrogen and oxygen atoms in total. The first-order valence-electron chi connectivity index (χ1n) is 5.72. The van der Waals surface area contributed by atoms with Crippen LogP contribution in [0.2, 0.25) is 0 Å². The molecule has 0 aliphatic rings. The number of rotatable bonds is 3. The van der Waals surface area contributed by atoms with E-state index in [4.69, 9.17) is 4.74 Å². The maximum Gasteiger partial charge on any atom is 0.255 e. The Morgan fingerprint density at radius 3 is 2.74 bits per heavy atom. The fraction of sp³-hybridized carbons (Fsp3) is 0.143. The lowest BCUT2D eigenvalue weighted by Gasteiger charge is -2.07. The molecule has 0 atom stereocenters. The first-order chi connectivity index (χ1) is 9.10. The summed E-state index contributed by atoms with van der Waals surface area (Å²) >= 11 is 0. The normalized spacial score (nSPS) is 10.0. The van der Waals surface area contributed by atoms with E-state index in [2.05, 4.69) is 5.32 Å². The van der Waals surface area contributed by atoms with E-state index in [0.717, 1.165) is 0 Å². The minimum absolute atomic E-state index is 0.126. The van der Waals surface area contributed by atoms with Crippen molar-refractivity contribution < 1.29 is 9.53 Å². The average Bonchev–Trinajstić information content (AvgIpc) is 2.43. The van der Waals surface area contributed by atoms with Crippen LogP contribution in [-0.2, 0) is 7.05 Å². The average molecular weight is 258 g/mol. The molecule has 0 radical (unpaired) electrons. The molecule has 0 spiro atoms. The predicted octanol–water partition coefficient (Wildman–Crippen LogP) is 1.65. The number of aromatic nitrogens is 1. The molecule has 0 unspecified atom stereocenters. The number of benzene rings is 1. The number of amides is 1. The molecule has 5 heteroatoms. The van der Waals surface area contributed by atoms with Gasteiger partial charge in [0.05, 0.1) is 12.8 Å². The molecule has 19 heavy (non-hydrogen) atoms. The van der Waals surface area contributed by atoms with Gasteiger partial charge in [-0.1, -0.05) is 6.07 Å². The van der Waals surface area contributed by atoms with Crippen LogP contribution in [0.4, 0.5) is 5.69 Å². The Morgan fingerprint density at radius 2 is 2.05 bits per heavy atom. The van der Waals surface area contributed by atoms with Crippen molar-refractivity contribution in [1.82, 2.24) is 4.57 Å². The highest BCUT2D eigenvalue weighted by molar-refractivity contribution is 6.04. The maximum atomic E-state index is 12.0. The van der Waals surface area contributed by atoms with Crippen molar-refractivity contribution in [2.24, 2.45) is 7.05 Å². The number of carbonyl (C=O) groups is 1. The van der Waals surface area contributed by atoms with E-state index in [1.165, 1.54) is 10.6 Å². The molecule has 1 aromatic heterocycles. The molecule has 0 saturated carbocycles. The zero-order valence-corrected chi connectivity index (χ0v) is 10.7. The van der Waals surface area contributed by atoms with E-state index in [1.807, 2.05) is 0 Å². The zero-order chi connectivity index (χ0) is 13.8. The summed E-state index contributed by atoms with van der Waals surface area (Å²) in [5, 5.41) is 2.72. The SMILES string of the molecule is COc1cccc(C(=O)Nc2ccc(=O)n(C)c2)c1. The van der Waals surface area contributed by atoms with Crippen molar-refractivity contribution in [2.75, 3.05) is 12.4 Å². The van der Waals surface area contributed by atoms with Gasteiger partial charge >= 0.3 is 0 Å². The van der Waals surface area contributed by atoms with Crippen molar-refractivity contribution >= 4 is 11.6 Å². The van der Waals surface area contributed by atoms with Gasteiger partial charge in [-0.2, -0.15) is 0 Å². The van der Waals surface area contributed by atoms with Gasteiger partial charge in [0.15, 0.2) is 0 Å². The summed E-state index contributed by atoms with van der Waals surface area (Å²) in [7, 11) is 3.17. The Morgan fingerprint density at radius 1 is 1.26 bits per heavy atom. The first-order valence-corrected chi connectivity index (χ1v) is 5.72. The van der Waals surface area contributed by atoms with Crippen LogP contribution in [0.3, 0.4) is 0 Å². The van der Waals surface area contributed by atoms with E-state index in [0.29, 0.717) is 17.0 Å². The second-order valence-corrected chi connectivity index (χ2v) is 4.05. The number of carbonyl (C=O) groups excluding carboxylic acids is 1. The fourth-order valence-corrected chi connectivity index (χ4v) is 1.64. The molecule has 2 rings (SSSR count). The van der Waals surface area contributed by atoms with Crippen LogP contribution < -0.4 is 15.6 Å². The number of hydrogen-bond acceptors (Lipinski definition) is 3. The van der Waals surface area contributed by atoms with Crippen molar-refractivity contribution in [3.05, 3.63) is 58.5 Å². The summed E-state index contributed by atoms with van der Waals surface area (Å²) in [5.74, 6) is 0.366. The number of pyridine rings is 1. The number of anilines is 1. The minimum atomic E-state index is -0.252. The second kappa shape index (κ2) is 5.39. The lowest BCUT2D eigenvalue weighted by molar-refractivity contribution is 0.102. The third-order valence-corrected chi connectivity index (χ3v) is 2.68. The highest BCUT2D eigenvalue weighted by atomic mass is 16.5. The van der Waals surface area contributed by atoms with Crippen LogP contribution in [-0.4, -0.2) is 17.6 Å². The molecule has 0 aliphatic carbocycles. The lowest BCUT2D eigenvalue weighted by Crippen LogP contribution is -2.18. The van der Waals surface area contributed by atoms with Gasteiger partial charge < -0.3 is 14.6 Å². The summed E-state index contributed by atoms with van der Waals surface area (Å²) < 4.78 is 6.47. The van der Waals surface area contributed by atoms with Crippen LogP contribution in [0.15, 0.2) is 47.4 Å². The number of ether oxygens (including phenoxy) is 1. The highest BCUT2D eigenvalue weighted by Crippen LogP contribution is 2.14. The monoisotopic (exact) mass is 258 g/mol. The van der Waals surface area contributed by atoms with Crippen molar-refractivity contribution in [2.45, 2.75) is 0 Å². The largest absolute Gasteiger partial charge is 0.497 e. The topological polar surface area (TPSA) is 60.3 Å². The third kappa shape index (κ3) is 3.01. The van der Waals surface area contributed by atoms with Gasteiger partial charge in [-0.3, -0.25) is 9.59 Å². The second-order valence-electron chi connectivity index (χ2n) is 4.05. The van der Waals surface area contributed by atoms with Gasteiger partial charge in [0.1, 0.15) is 5.75 Å². The number of nitrogens with one attached hydrogen (secondary N) is 1. The molecule has 0 bridgehead atoms. The van der Waals surface area contributed by atoms with Gasteiger partial charge in [-0.25, -0.2) is 0 Å². The number of methoxy groups -OCH3 is 1. The first kappa shape index (κ1) is 12.9. The van der Waals surface area contributed by atoms with Gasteiger partial charge in [-0.15, -0.1) is 0 Å². The Bertz CT molecular complexity index is 662. The van der Waals surface area contributed by atoms with Crippen LogP contribution in [0.1, 0.15) is 10.4 Å². The van der Waals surface area contributed by atoms with E-state index in [9.17, 15) is 9.59 Å². The van der Waals surface area contributed by atoms with Gasteiger partial charge in [0.2, 0.25) is 5.56 Å². The van der Waals surface area contributed by atoms with Gasteiger partial charge in [0.25, 0.3) is 5.91 Å². The Kier molecular flexibility index (Phi) is 3.66. The molecular weight excluding hydrogens is 244 g/mol. The highest BCUT2D eigenvalue weighted by Gasteiger charge is 2.07. The molecule has 2 aromatic rings. The van der Waals surface area contributed by atoms with Gasteiger partial charge in [0, 0.05) is 24.9 Å². The van der Waals surface area contributed by atoms with E-state index < -0.39 is 0 Å². The zero-order valence-electron chi connectivity index (χ0n) is 10.7. The van der Waals surface area contributed by atoms with Gasteiger partial charge in [-0.05, 0) is 24.3 Å². The van der Waals surface area contributed by atoms with Crippen LogP contribution in [0.25, 0.3) is 0 Å². The van der Waals surface area contributed by atoms with Crippen LogP contribution >= 0.6 is 0 Å². The molecule has 0 saturated heterocycles. The predicted molar refractivity (Wildman–Crippen MR) is 72.6 cm³/mol.